The van der Waals surface area contributed by atoms with Gasteiger partial charge < -0.3 is 14.6 Å². The summed E-state index contributed by atoms with van der Waals surface area (Å²) in [5, 5.41) is 9.89. The zero-order valence-corrected chi connectivity index (χ0v) is 17.7. The molecule has 0 heterocycles. The number of hydrogen-bond donors (Lipinski definition) is 1. The largest absolute Gasteiger partial charge is 0.481 e. The van der Waals surface area contributed by atoms with Gasteiger partial charge in [-0.2, -0.15) is 0 Å². The van der Waals surface area contributed by atoms with Crippen molar-refractivity contribution in [2.75, 3.05) is 7.11 Å². The molecule has 0 aliphatic carbocycles. The van der Waals surface area contributed by atoms with E-state index in [1.165, 1.54) is 7.11 Å². The SMILES string of the molecule is CCC(C)(CC(C)(CC(C)(C)C(=O)OC)C(=O)O)C(=O)OCc1ccccc1. The topological polar surface area (TPSA) is 89.9 Å². The van der Waals surface area contributed by atoms with Crippen molar-refractivity contribution in [1.82, 2.24) is 0 Å². The fraction of sp³-hybridized carbons (Fsp3) is 0.591. The standard InChI is InChI=1S/C22H32O6/c1-7-21(4,19(26)28-13-16-11-9-8-10-12-16)15-22(5,17(23)24)14-20(2,3)18(25)27-6/h8-12H,7,13-15H2,1-6H3,(H,23,24). The van der Waals surface area contributed by atoms with Crippen LogP contribution in [0.5, 0.6) is 0 Å². The van der Waals surface area contributed by atoms with Crippen LogP contribution in [0, 0.1) is 16.2 Å². The highest BCUT2D eigenvalue weighted by molar-refractivity contribution is 5.81. The van der Waals surface area contributed by atoms with E-state index in [-0.39, 0.29) is 19.4 Å². The molecular weight excluding hydrogens is 360 g/mol. The highest BCUT2D eigenvalue weighted by atomic mass is 16.5. The first-order chi connectivity index (χ1) is 12.9. The van der Waals surface area contributed by atoms with Crippen molar-refractivity contribution in [1.29, 1.82) is 0 Å². The molecule has 156 valence electrons. The molecule has 0 fully saturated rings. The van der Waals surface area contributed by atoms with Crippen LogP contribution >= 0.6 is 0 Å². The van der Waals surface area contributed by atoms with E-state index in [0.717, 1.165) is 5.56 Å². The van der Waals surface area contributed by atoms with Crippen LogP contribution < -0.4 is 0 Å². The molecule has 6 heteroatoms. The first kappa shape index (κ1) is 23.7. The Balaban J connectivity index is 3.01. The number of rotatable bonds is 10. The summed E-state index contributed by atoms with van der Waals surface area (Å²) >= 11 is 0. The van der Waals surface area contributed by atoms with Crippen LogP contribution in [0.1, 0.15) is 59.4 Å². The van der Waals surface area contributed by atoms with Gasteiger partial charge in [0.2, 0.25) is 0 Å². The number of esters is 2. The molecule has 0 radical (unpaired) electrons. The molecule has 0 amide bonds. The lowest BCUT2D eigenvalue weighted by Crippen LogP contribution is -2.43. The lowest BCUT2D eigenvalue weighted by atomic mass is 9.65. The maximum absolute atomic E-state index is 12.8. The number of carboxylic acids is 1. The second kappa shape index (κ2) is 9.22. The first-order valence-corrected chi connectivity index (χ1v) is 9.43. The van der Waals surface area contributed by atoms with E-state index in [1.807, 2.05) is 37.3 Å². The van der Waals surface area contributed by atoms with E-state index in [4.69, 9.17) is 9.47 Å². The number of carboxylic acid groups (broad SMARTS) is 1. The molecular formula is C22H32O6. The number of benzene rings is 1. The Kier molecular flexibility index (Phi) is 7.79. The summed E-state index contributed by atoms with van der Waals surface area (Å²) in [6.07, 6.45) is 0.519. The third kappa shape index (κ3) is 5.81. The highest BCUT2D eigenvalue weighted by Gasteiger charge is 2.49. The lowest BCUT2D eigenvalue weighted by molar-refractivity contribution is -0.165. The summed E-state index contributed by atoms with van der Waals surface area (Å²) in [7, 11) is 1.28. The Morgan fingerprint density at radius 2 is 1.50 bits per heavy atom. The van der Waals surface area contributed by atoms with Gasteiger partial charge in [-0.15, -0.1) is 0 Å². The highest BCUT2D eigenvalue weighted by Crippen LogP contribution is 2.45. The van der Waals surface area contributed by atoms with Crippen molar-refractivity contribution in [3.8, 4) is 0 Å². The van der Waals surface area contributed by atoms with Gasteiger partial charge in [-0.3, -0.25) is 14.4 Å². The second-order valence-corrected chi connectivity index (χ2v) is 8.57. The zero-order chi connectivity index (χ0) is 21.6. The molecule has 0 aromatic heterocycles. The Bertz CT molecular complexity index is 696. The van der Waals surface area contributed by atoms with E-state index in [9.17, 15) is 19.5 Å². The van der Waals surface area contributed by atoms with E-state index < -0.39 is 34.2 Å². The van der Waals surface area contributed by atoms with Gasteiger partial charge in [0.1, 0.15) is 6.61 Å². The van der Waals surface area contributed by atoms with Crippen LogP contribution in [-0.2, 0) is 30.5 Å². The second-order valence-electron chi connectivity index (χ2n) is 8.57. The number of aliphatic carboxylic acids is 1. The molecule has 0 aliphatic rings. The minimum Gasteiger partial charge on any atom is -0.481 e. The number of hydrogen-bond acceptors (Lipinski definition) is 5. The van der Waals surface area contributed by atoms with Crippen molar-refractivity contribution in [3.05, 3.63) is 35.9 Å². The van der Waals surface area contributed by atoms with Gasteiger partial charge in [-0.1, -0.05) is 37.3 Å². The van der Waals surface area contributed by atoms with Crippen LogP contribution in [0.15, 0.2) is 30.3 Å². The minimum absolute atomic E-state index is 0.0452. The Labute approximate surface area is 167 Å². The smallest absolute Gasteiger partial charge is 0.312 e. The summed E-state index contributed by atoms with van der Waals surface area (Å²) in [6.45, 7) is 8.54. The van der Waals surface area contributed by atoms with Crippen LogP contribution in [-0.4, -0.2) is 30.1 Å². The third-order valence-electron chi connectivity index (χ3n) is 5.35. The normalized spacial score (nSPS) is 15.8. The molecule has 1 N–H and O–H groups in total. The van der Waals surface area contributed by atoms with Crippen LogP contribution in [0.3, 0.4) is 0 Å². The fourth-order valence-electron chi connectivity index (χ4n) is 3.64. The summed E-state index contributed by atoms with van der Waals surface area (Å²) in [6, 6.07) is 9.31. The van der Waals surface area contributed by atoms with Crippen molar-refractivity contribution in [2.45, 2.75) is 60.5 Å². The Morgan fingerprint density at radius 1 is 0.929 bits per heavy atom. The minimum atomic E-state index is -1.30. The molecule has 1 aromatic carbocycles. The molecule has 0 aliphatic heterocycles. The fourth-order valence-corrected chi connectivity index (χ4v) is 3.64. The summed E-state index contributed by atoms with van der Waals surface area (Å²) in [4.78, 5) is 37.0. The average Bonchev–Trinajstić information content (AvgIpc) is 2.65. The predicted octanol–water partition coefficient (Wildman–Crippen LogP) is 4.22. The van der Waals surface area contributed by atoms with Crippen LogP contribution in [0.4, 0.5) is 0 Å². The van der Waals surface area contributed by atoms with E-state index in [1.54, 1.807) is 27.7 Å². The summed E-state index contributed by atoms with van der Waals surface area (Å²) < 4.78 is 10.3. The maximum atomic E-state index is 12.8. The Hall–Kier alpha value is -2.37. The van der Waals surface area contributed by atoms with Crippen molar-refractivity contribution < 1.29 is 29.0 Å². The molecule has 0 bridgehead atoms. The van der Waals surface area contributed by atoms with Crippen LogP contribution in [0.25, 0.3) is 0 Å². The van der Waals surface area contributed by atoms with Crippen molar-refractivity contribution in [2.24, 2.45) is 16.2 Å². The van der Waals surface area contributed by atoms with E-state index in [2.05, 4.69) is 0 Å². The average molecular weight is 392 g/mol. The molecule has 0 spiro atoms. The molecule has 28 heavy (non-hydrogen) atoms. The molecule has 0 saturated carbocycles. The molecule has 6 nitrogen and oxygen atoms in total. The summed E-state index contributed by atoms with van der Waals surface area (Å²) in [5.41, 5.74) is -2.42. The summed E-state index contributed by atoms with van der Waals surface area (Å²) in [5.74, 6) is -1.98. The molecule has 2 atom stereocenters. The van der Waals surface area contributed by atoms with Gasteiger partial charge >= 0.3 is 17.9 Å². The van der Waals surface area contributed by atoms with Gasteiger partial charge in [0, 0.05) is 0 Å². The first-order valence-electron chi connectivity index (χ1n) is 9.43. The number of ether oxygens (including phenoxy) is 2. The maximum Gasteiger partial charge on any atom is 0.312 e. The van der Waals surface area contributed by atoms with Crippen LogP contribution in [0.2, 0.25) is 0 Å². The molecule has 1 rings (SSSR count). The molecule has 2 unspecified atom stereocenters. The van der Waals surface area contributed by atoms with Gasteiger partial charge in [-0.25, -0.2) is 0 Å². The quantitative estimate of drug-likeness (QED) is 0.600. The third-order valence-corrected chi connectivity index (χ3v) is 5.35. The number of carbonyl (C=O) groups excluding carboxylic acids is 2. The predicted molar refractivity (Wildman–Crippen MR) is 105 cm³/mol. The Morgan fingerprint density at radius 3 is 1.96 bits per heavy atom. The van der Waals surface area contributed by atoms with Gasteiger partial charge in [-0.05, 0) is 52.5 Å². The van der Waals surface area contributed by atoms with Crippen molar-refractivity contribution >= 4 is 17.9 Å². The van der Waals surface area contributed by atoms with E-state index in [0.29, 0.717) is 6.42 Å². The zero-order valence-electron chi connectivity index (χ0n) is 17.7. The number of methoxy groups -OCH3 is 1. The van der Waals surface area contributed by atoms with Gasteiger partial charge in [0.25, 0.3) is 0 Å². The molecule has 1 aromatic rings. The monoisotopic (exact) mass is 392 g/mol. The number of carbonyl (C=O) groups is 3. The lowest BCUT2D eigenvalue weighted by Gasteiger charge is -2.38. The van der Waals surface area contributed by atoms with E-state index >= 15 is 0 Å². The molecule has 0 saturated heterocycles. The van der Waals surface area contributed by atoms with Gasteiger partial charge in [0.05, 0.1) is 23.4 Å². The van der Waals surface area contributed by atoms with Gasteiger partial charge in [0.15, 0.2) is 0 Å². The van der Waals surface area contributed by atoms with Crippen molar-refractivity contribution in [3.63, 3.8) is 0 Å².